The van der Waals surface area contributed by atoms with Gasteiger partial charge >= 0.3 is 0 Å². The van der Waals surface area contributed by atoms with Crippen molar-refractivity contribution in [1.82, 2.24) is 4.98 Å². The van der Waals surface area contributed by atoms with Gasteiger partial charge < -0.3 is 9.33 Å². The summed E-state index contributed by atoms with van der Waals surface area (Å²) < 4.78 is 7.72. The number of rotatable bonds is 3. The highest BCUT2D eigenvalue weighted by Crippen LogP contribution is 2.39. The van der Waals surface area contributed by atoms with E-state index in [1.54, 1.807) is 0 Å². The van der Waals surface area contributed by atoms with Crippen LogP contribution in [-0.4, -0.2) is 32.5 Å². The van der Waals surface area contributed by atoms with E-state index in [0.29, 0.717) is 6.10 Å². The maximum Gasteiger partial charge on any atom is 0.192 e. The molecule has 0 radical (unpaired) electrons. The Kier molecular flexibility index (Phi) is 5.29. The smallest absolute Gasteiger partial charge is 0.192 e. The second-order valence-electron chi connectivity index (χ2n) is 8.56. The molecule has 5 heteroatoms. The molecule has 0 atom stereocenters. The molecule has 1 aromatic heterocycles. The van der Waals surface area contributed by atoms with E-state index in [0.717, 1.165) is 36.2 Å². The maximum absolute atomic E-state index is 6.62. The lowest BCUT2D eigenvalue weighted by Gasteiger charge is -2.42. The van der Waals surface area contributed by atoms with E-state index < -0.39 is 8.32 Å². The molecule has 3 nitrogen and oxygen atoms in total. The van der Waals surface area contributed by atoms with Crippen LogP contribution in [0.2, 0.25) is 18.1 Å². The van der Waals surface area contributed by atoms with Gasteiger partial charge in [0.1, 0.15) is 5.82 Å². The minimum absolute atomic E-state index is 0.271. The standard InChI is InChI=1S/C20H29BrN2OSi/c1-20(2,3)25(4,5)24-17-9-12-23(13-10-17)19-18-14-16(21)7-6-15(18)8-11-22-19/h6-8,11,14,17H,9-10,12-13H2,1-5H3. The first kappa shape index (κ1) is 18.9. The second-order valence-corrected chi connectivity index (χ2v) is 14.2. The van der Waals surface area contributed by atoms with E-state index in [1.165, 1.54) is 10.8 Å². The maximum atomic E-state index is 6.62. The van der Waals surface area contributed by atoms with Crippen molar-refractivity contribution in [3.05, 3.63) is 34.9 Å². The lowest BCUT2D eigenvalue weighted by atomic mass is 10.1. The third-order valence-corrected chi connectivity index (χ3v) is 10.7. The molecule has 0 unspecified atom stereocenters. The minimum atomic E-state index is -1.69. The van der Waals surface area contributed by atoms with Crippen LogP contribution >= 0.6 is 15.9 Å². The largest absolute Gasteiger partial charge is 0.414 e. The number of hydrogen-bond donors (Lipinski definition) is 0. The molecule has 1 aliphatic heterocycles. The van der Waals surface area contributed by atoms with Crippen molar-refractivity contribution in [1.29, 1.82) is 0 Å². The van der Waals surface area contributed by atoms with Gasteiger partial charge in [-0.1, -0.05) is 42.8 Å². The van der Waals surface area contributed by atoms with Crippen molar-refractivity contribution in [3.8, 4) is 0 Å². The second kappa shape index (κ2) is 7.01. The molecule has 1 saturated heterocycles. The lowest BCUT2D eigenvalue weighted by molar-refractivity contribution is 0.152. The van der Waals surface area contributed by atoms with Crippen LogP contribution in [0.1, 0.15) is 33.6 Å². The Labute approximate surface area is 161 Å². The summed E-state index contributed by atoms with van der Waals surface area (Å²) in [6.07, 6.45) is 4.47. The van der Waals surface area contributed by atoms with Gasteiger partial charge in [-0.25, -0.2) is 4.98 Å². The molecular weight excluding hydrogens is 392 g/mol. The molecule has 1 aliphatic rings. The van der Waals surface area contributed by atoms with Crippen LogP contribution in [0.3, 0.4) is 0 Å². The van der Waals surface area contributed by atoms with Crippen LogP contribution in [0.25, 0.3) is 10.8 Å². The van der Waals surface area contributed by atoms with E-state index in [9.17, 15) is 0 Å². The Balaban J connectivity index is 1.72. The van der Waals surface area contributed by atoms with Crippen LogP contribution in [0.5, 0.6) is 0 Å². The molecule has 0 saturated carbocycles. The van der Waals surface area contributed by atoms with Crippen molar-refractivity contribution < 1.29 is 4.43 Å². The number of anilines is 1. The fraction of sp³-hybridized carbons (Fsp3) is 0.550. The normalized spacial score (nSPS) is 17.3. The SMILES string of the molecule is CC(C)(C)[Si](C)(C)OC1CCN(c2nccc3ccc(Br)cc23)CC1. The summed E-state index contributed by atoms with van der Waals surface area (Å²) in [7, 11) is -1.69. The highest BCUT2D eigenvalue weighted by molar-refractivity contribution is 9.10. The van der Waals surface area contributed by atoms with Crippen LogP contribution in [0.4, 0.5) is 5.82 Å². The minimum Gasteiger partial charge on any atom is -0.414 e. The summed E-state index contributed by atoms with van der Waals surface area (Å²) in [4.78, 5) is 7.10. The van der Waals surface area contributed by atoms with Gasteiger partial charge in [-0.15, -0.1) is 0 Å². The first-order chi connectivity index (χ1) is 11.7. The zero-order valence-electron chi connectivity index (χ0n) is 16.0. The Morgan fingerprint density at radius 1 is 1.16 bits per heavy atom. The van der Waals surface area contributed by atoms with E-state index >= 15 is 0 Å². The Morgan fingerprint density at radius 3 is 2.48 bits per heavy atom. The van der Waals surface area contributed by atoms with Gasteiger partial charge in [-0.2, -0.15) is 0 Å². The first-order valence-corrected chi connectivity index (χ1v) is 12.8. The molecule has 2 aromatic rings. The summed E-state index contributed by atoms with van der Waals surface area (Å²) in [6.45, 7) is 13.7. The predicted molar refractivity (Wildman–Crippen MR) is 113 cm³/mol. The highest BCUT2D eigenvalue weighted by Gasteiger charge is 2.39. The monoisotopic (exact) mass is 420 g/mol. The van der Waals surface area contributed by atoms with Crippen LogP contribution < -0.4 is 4.90 Å². The van der Waals surface area contributed by atoms with Crippen molar-refractivity contribution in [2.45, 2.75) is 57.8 Å². The van der Waals surface area contributed by atoms with Crippen molar-refractivity contribution in [2.75, 3.05) is 18.0 Å². The molecule has 25 heavy (non-hydrogen) atoms. The number of pyridine rings is 1. The predicted octanol–water partition coefficient (Wildman–Crippen LogP) is 5.99. The molecule has 2 heterocycles. The zero-order chi connectivity index (χ0) is 18.2. The van der Waals surface area contributed by atoms with Gasteiger partial charge in [0, 0.05) is 35.2 Å². The number of halogens is 1. The molecule has 1 aromatic carbocycles. The molecule has 0 N–H and O–H groups in total. The number of hydrogen-bond acceptors (Lipinski definition) is 3. The third kappa shape index (κ3) is 4.09. The highest BCUT2D eigenvalue weighted by atomic mass is 79.9. The number of benzene rings is 1. The molecule has 1 fully saturated rings. The van der Waals surface area contributed by atoms with Crippen LogP contribution in [0, 0.1) is 0 Å². The fourth-order valence-corrected chi connectivity index (χ4v) is 4.94. The molecular formula is C20H29BrN2OSi. The van der Waals surface area contributed by atoms with Gasteiger partial charge in [0.2, 0.25) is 0 Å². The van der Waals surface area contributed by atoms with Gasteiger partial charge in [-0.3, -0.25) is 0 Å². The lowest BCUT2D eigenvalue weighted by Crippen LogP contribution is -2.47. The Bertz CT molecular complexity index is 749. The van der Waals surface area contributed by atoms with Crippen LogP contribution in [0.15, 0.2) is 34.9 Å². The molecule has 0 spiro atoms. The van der Waals surface area contributed by atoms with E-state index in [2.05, 4.69) is 83.9 Å². The summed E-state index contributed by atoms with van der Waals surface area (Å²) in [5, 5.41) is 2.74. The summed E-state index contributed by atoms with van der Waals surface area (Å²) in [5.41, 5.74) is 0. The number of aromatic nitrogens is 1. The number of fused-ring (bicyclic) bond motifs is 1. The topological polar surface area (TPSA) is 25.4 Å². The van der Waals surface area contributed by atoms with Gasteiger partial charge in [-0.05, 0) is 54.6 Å². The average Bonchev–Trinajstić information content (AvgIpc) is 2.54. The Hall–Kier alpha value is -0.913. The van der Waals surface area contributed by atoms with E-state index in [-0.39, 0.29) is 5.04 Å². The fourth-order valence-electron chi connectivity index (χ4n) is 3.16. The van der Waals surface area contributed by atoms with Crippen molar-refractivity contribution in [2.24, 2.45) is 0 Å². The van der Waals surface area contributed by atoms with E-state index in [1.807, 2.05) is 6.20 Å². The molecule has 0 amide bonds. The average molecular weight is 421 g/mol. The first-order valence-electron chi connectivity index (χ1n) is 9.14. The Morgan fingerprint density at radius 2 is 1.84 bits per heavy atom. The quantitative estimate of drug-likeness (QED) is 0.570. The van der Waals surface area contributed by atoms with Crippen molar-refractivity contribution in [3.63, 3.8) is 0 Å². The molecule has 136 valence electrons. The summed E-state index contributed by atoms with van der Waals surface area (Å²) in [6, 6.07) is 8.50. The molecule has 3 rings (SSSR count). The van der Waals surface area contributed by atoms with Gasteiger partial charge in [0.05, 0.1) is 0 Å². The van der Waals surface area contributed by atoms with Crippen LogP contribution in [-0.2, 0) is 4.43 Å². The third-order valence-electron chi connectivity index (χ3n) is 5.72. The zero-order valence-corrected chi connectivity index (χ0v) is 18.6. The molecule has 0 aliphatic carbocycles. The summed E-state index contributed by atoms with van der Waals surface area (Å²) >= 11 is 3.59. The van der Waals surface area contributed by atoms with Gasteiger partial charge in [0.15, 0.2) is 8.32 Å². The van der Waals surface area contributed by atoms with E-state index in [4.69, 9.17) is 4.43 Å². The number of nitrogens with zero attached hydrogens (tertiary/aromatic N) is 2. The molecule has 0 bridgehead atoms. The summed E-state index contributed by atoms with van der Waals surface area (Å²) in [5.74, 6) is 1.10. The number of piperidine rings is 1. The van der Waals surface area contributed by atoms with Gasteiger partial charge in [0.25, 0.3) is 0 Å². The van der Waals surface area contributed by atoms with Crippen molar-refractivity contribution >= 4 is 40.8 Å².